The molecule has 6 heteroatoms. The molecular weight excluding hydrogens is 252 g/mol. The van der Waals surface area contributed by atoms with Crippen molar-refractivity contribution in [1.29, 1.82) is 10.8 Å². The maximum atomic E-state index is 7.85. The Morgan fingerprint density at radius 3 is 1.20 bits per heavy atom. The van der Waals surface area contributed by atoms with E-state index < -0.39 is 11.1 Å². The van der Waals surface area contributed by atoms with Crippen LogP contribution in [0.3, 0.4) is 0 Å². The van der Waals surface area contributed by atoms with Crippen molar-refractivity contribution in [1.82, 2.24) is 0 Å². The van der Waals surface area contributed by atoms with Gasteiger partial charge in [0.15, 0.2) is 0 Å². The Morgan fingerprint density at radius 1 is 0.850 bits per heavy atom. The molecule has 0 aliphatic carbocycles. The van der Waals surface area contributed by atoms with Gasteiger partial charge in [0, 0.05) is 0 Å². The molecule has 6 nitrogen and oxygen atoms in total. The van der Waals surface area contributed by atoms with Gasteiger partial charge in [-0.1, -0.05) is 41.5 Å². The number of amidine groups is 2. The Kier molecular flexibility index (Phi) is 6.32. The Hall–Kier alpha value is -1.46. The van der Waals surface area contributed by atoms with Crippen LogP contribution in [0.25, 0.3) is 0 Å². The van der Waals surface area contributed by atoms with Gasteiger partial charge < -0.3 is 11.5 Å². The van der Waals surface area contributed by atoms with Crippen molar-refractivity contribution in [2.45, 2.75) is 65.5 Å². The van der Waals surface area contributed by atoms with Crippen molar-refractivity contribution in [3.8, 4) is 0 Å². The van der Waals surface area contributed by atoms with Crippen LogP contribution in [0.5, 0.6) is 0 Å². The highest BCUT2D eigenvalue weighted by Crippen LogP contribution is 2.32. The topological polar surface area (TPSA) is 124 Å². The third-order valence-electron chi connectivity index (χ3n) is 4.33. The van der Waals surface area contributed by atoms with Crippen molar-refractivity contribution < 1.29 is 0 Å². The molecule has 6 N–H and O–H groups in total. The van der Waals surface area contributed by atoms with E-state index in [-0.39, 0.29) is 23.5 Å². The van der Waals surface area contributed by atoms with E-state index >= 15 is 0 Å². The lowest BCUT2D eigenvalue weighted by Gasteiger charge is -2.34. The molecule has 20 heavy (non-hydrogen) atoms. The van der Waals surface area contributed by atoms with E-state index in [9.17, 15) is 0 Å². The van der Waals surface area contributed by atoms with E-state index in [2.05, 4.69) is 10.2 Å². The molecular formula is C14H30N6. The SMILES string of the molecule is CCC(N=NC(CC)(C(=N)N)C(C)C)(C(=N)N)C(C)C. The molecule has 0 spiro atoms. The van der Waals surface area contributed by atoms with Crippen LogP contribution < -0.4 is 11.5 Å². The summed E-state index contributed by atoms with van der Waals surface area (Å²) in [6, 6.07) is 0. The van der Waals surface area contributed by atoms with Crippen LogP contribution >= 0.6 is 0 Å². The number of nitrogens with one attached hydrogen (secondary N) is 2. The third-order valence-corrected chi connectivity index (χ3v) is 4.33. The highest BCUT2D eigenvalue weighted by atomic mass is 15.2. The summed E-state index contributed by atoms with van der Waals surface area (Å²) in [7, 11) is 0. The highest BCUT2D eigenvalue weighted by Gasteiger charge is 2.40. The second-order valence-corrected chi connectivity index (χ2v) is 5.89. The Morgan fingerprint density at radius 2 is 1.10 bits per heavy atom. The Labute approximate surface area is 122 Å². The number of hydrogen-bond donors (Lipinski definition) is 4. The molecule has 0 bridgehead atoms. The third kappa shape index (κ3) is 3.16. The first kappa shape index (κ1) is 18.5. The van der Waals surface area contributed by atoms with Crippen molar-refractivity contribution in [3.05, 3.63) is 0 Å². The molecule has 0 saturated heterocycles. The fourth-order valence-electron chi connectivity index (χ4n) is 2.48. The summed E-state index contributed by atoms with van der Waals surface area (Å²) in [5, 5.41) is 24.5. The average Bonchev–Trinajstić information content (AvgIpc) is 2.33. The largest absolute Gasteiger partial charge is 0.386 e. The second-order valence-electron chi connectivity index (χ2n) is 5.89. The standard InChI is InChI=1S/C14H30N6/c1-7-13(9(3)4,11(15)16)19-20-14(8-2,10(5)6)12(17)18/h9-10H,7-8H2,1-6H3,(H3,15,16)(H3,17,18). The molecule has 2 unspecified atom stereocenters. The van der Waals surface area contributed by atoms with E-state index in [1.165, 1.54) is 0 Å². The first-order valence-electron chi connectivity index (χ1n) is 7.23. The quantitative estimate of drug-likeness (QED) is 0.310. The molecule has 0 rings (SSSR count). The van der Waals surface area contributed by atoms with Gasteiger partial charge in [-0.25, -0.2) is 0 Å². The van der Waals surface area contributed by atoms with Gasteiger partial charge >= 0.3 is 0 Å². The molecule has 0 aromatic rings. The van der Waals surface area contributed by atoms with Crippen LogP contribution in [0, 0.1) is 22.7 Å². The smallest absolute Gasteiger partial charge is 0.140 e. The van der Waals surface area contributed by atoms with Crippen LogP contribution in [-0.4, -0.2) is 22.7 Å². The van der Waals surface area contributed by atoms with Gasteiger partial charge in [0.05, 0.1) is 0 Å². The summed E-state index contributed by atoms with van der Waals surface area (Å²) >= 11 is 0. The highest BCUT2D eigenvalue weighted by molar-refractivity contribution is 5.89. The lowest BCUT2D eigenvalue weighted by molar-refractivity contribution is 0.328. The molecule has 0 aliphatic rings. The molecule has 0 aromatic heterocycles. The number of nitrogens with zero attached hydrogens (tertiary/aromatic N) is 2. The predicted octanol–water partition coefficient (Wildman–Crippen LogP) is 2.92. The van der Waals surface area contributed by atoms with Crippen molar-refractivity contribution in [2.24, 2.45) is 33.5 Å². The zero-order valence-corrected chi connectivity index (χ0v) is 13.6. The lowest BCUT2D eigenvalue weighted by atomic mass is 9.82. The van der Waals surface area contributed by atoms with E-state index in [1.807, 2.05) is 41.5 Å². The maximum absolute atomic E-state index is 7.85. The van der Waals surface area contributed by atoms with Gasteiger partial charge in [0.2, 0.25) is 0 Å². The number of nitrogens with two attached hydrogens (primary N) is 2. The molecule has 0 amide bonds. The molecule has 2 atom stereocenters. The van der Waals surface area contributed by atoms with Crippen LogP contribution in [0.2, 0.25) is 0 Å². The van der Waals surface area contributed by atoms with Gasteiger partial charge in [-0.2, -0.15) is 10.2 Å². The summed E-state index contributed by atoms with van der Waals surface area (Å²) in [5.74, 6) is 0.136. The Bertz CT molecular complexity index is 351. The summed E-state index contributed by atoms with van der Waals surface area (Å²) in [6.07, 6.45) is 1.19. The first-order valence-corrected chi connectivity index (χ1v) is 7.23. The molecule has 116 valence electrons. The van der Waals surface area contributed by atoms with Crippen LogP contribution in [0.1, 0.15) is 54.4 Å². The summed E-state index contributed by atoms with van der Waals surface area (Å²) in [6.45, 7) is 11.8. The summed E-state index contributed by atoms with van der Waals surface area (Å²) < 4.78 is 0. The molecule has 0 fully saturated rings. The molecule has 0 radical (unpaired) electrons. The van der Waals surface area contributed by atoms with Gasteiger partial charge in [0.1, 0.15) is 22.7 Å². The zero-order valence-electron chi connectivity index (χ0n) is 13.6. The minimum atomic E-state index is -0.815. The monoisotopic (exact) mass is 282 g/mol. The zero-order chi connectivity index (χ0) is 16.1. The van der Waals surface area contributed by atoms with Gasteiger partial charge in [-0.3, -0.25) is 10.8 Å². The Balaban J connectivity index is 5.82. The fraction of sp³-hybridized carbons (Fsp3) is 0.857. The average molecular weight is 282 g/mol. The maximum Gasteiger partial charge on any atom is 0.140 e. The van der Waals surface area contributed by atoms with Gasteiger partial charge in [0.25, 0.3) is 0 Å². The second kappa shape index (κ2) is 6.81. The number of hydrogen-bond acceptors (Lipinski definition) is 4. The van der Waals surface area contributed by atoms with Crippen molar-refractivity contribution in [2.75, 3.05) is 0 Å². The molecule has 0 heterocycles. The molecule has 0 aromatic carbocycles. The number of azo groups is 1. The van der Waals surface area contributed by atoms with E-state index in [0.29, 0.717) is 12.8 Å². The van der Waals surface area contributed by atoms with Crippen LogP contribution in [-0.2, 0) is 0 Å². The van der Waals surface area contributed by atoms with Crippen molar-refractivity contribution in [3.63, 3.8) is 0 Å². The first-order chi connectivity index (χ1) is 9.10. The predicted molar refractivity (Wildman–Crippen MR) is 84.4 cm³/mol. The molecule has 0 saturated carbocycles. The van der Waals surface area contributed by atoms with E-state index in [4.69, 9.17) is 22.3 Å². The van der Waals surface area contributed by atoms with E-state index in [0.717, 1.165) is 0 Å². The molecule has 0 aliphatic heterocycles. The number of rotatable bonds is 8. The van der Waals surface area contributed by atoms with Gasteiger partial charge in [-0.15, -0.1) is 0 Å². The minimum Gasteiger partial charge on any atom is -0.386 e. The van der Waals surface area contributed by atoms with Crippen LogP contribution in [0.4, 0.5) is 0 Å². The van der Waals surface area contributed by atoms with E-state index in [1.54, 1.807) is 0 Å². The van der Waals surface area contributed by atoms with Gasteiger partial charge in [-0.05, 0) is 24.7 Å². The van der Waals surface area contributed by atoms with Crippen molar-refractivity contribution >= 4 is 11.7 Å². The summed E-state index contributed by atoms with van der Waals surface area (Å²) in [4.78, 5) is 0. The summed E-state index contributed by atoms with van der Waals surface area (Å²) in [5.41, 5.74) is 9.87. The van der Waals surface area contributed by atoms with Crippen LogP contribution in [0.15, 0.2) is 10.2 Å². The normalized spacial score (nSPS) is 18.2. The minimum absolute atomic E-state index is 0.0102. The fourth-order valence-corrected chi connectivity index (χ4v) is 2.48. The lowest BCUT2D eigenvalue weighted by Crippen LogP contribution is -2.49.